The van der Waals surface area contributed by atoms with E-state index in [4.69, 9.17) is 14.2 Å². The molecular weight excluding hydrogens is 716 g/mol. The van der Waals surface area contributed by atoms with Crippen LogP contribution in [0.2, 0.25) is 0 Å². The molecule has 2 atom stereocenters. The number of rotatable bonds is 13. The zero-order chi connectivity index (χ0) is 40.0. The number of aryl methyl sites for hydroxylation is 1. The Kier molecular flexibility index (Phi) is 12.8. The first-order valence-electron chi connectivity index (χ1n) is 16.7. The van der Waals surface area contributed by atoms with E-state index in [2.05, 4.69) is 20.4 Å². The summed E-state index contributed by atoms with van der Waals surface area (Å²) in [7, 11) is 2.58. The summed E-state index contributed by atoms with van der Waals surface area (Å²) in [4.78, 5) is 54.1. The van der Waals surface area contributed by atoms with Crippen LogP contribution >= 0.6 is 0 Å². The first-order chi connectivity index (χ1) is 25.3. The average Bonchev–Trinajstić information content (AvgIpc) is 3.09. The Hall–Kier alpha value is -5.80. The monoisotopic (exact) mass is 758 g/mol. The van der Waals surface area contributed by atoms with E-state index < -0.39 is 54.6 Å². The summed E-state index contributed by atoms with van der Waals surface area (Å²) >= 11 is 0. The van der Waals surface area contributed by atoms with Gasteiger partial charge in [0.2, 0.25) is 0 Å². The standard InChI is InChI=1S/C38H42F4N4O8/c1-21-16-24(31(33(48)51-7)44-27-10-8-23-14-15-43-32(47)29(23)18-27)9-12-28(21)22(2)20-52-35(49)45-26-11-13-30(53-38(41,42)34(39)40)25(17-26)19-46(6)36(50)54-37(3,4)5/h8-18,22,31,34,44H,19-20H2,1-7H3,(H,43,47)(H,45,49). The van der Waals surface area contributed by atoms with Gasteiger partial charge in [0.15, 0.2) is 6.04 Å². The topological polar surface area (TPSA) is 148 Å². The molecule has 0 aliphatic rings. The van der Waals surface area contributed by atoms with Gasteiger partial charge in [0.05, 0.1) is 20.3 Å². The Bertz CT molecular complexity index is 2050. The summed E-state index contributed by atoms with van der Waals surface area (Å²) in [6.45, 7) is 8.04. The summed E-state index contributed by atoms with van der Waals surface area (Å²) in [5.74, 6) is -1.52. The molecule has 0 saturated heterocycles. The van der Waals surface area contributed by atoms with Crippen molar-refractivity contribution in [1.29, 1.82) is 0 Å². The van der Waals surface area contributed by atoms with Crippen LogP contribution in [0, 0.1) is 6.92 Å². The lowest BCUT2D eigenvalue weighted by Gasteiger charge is -2.26. The predicted octanol–water partition coefficient (Wildman–Crippen LogP) is 8.12. The van der Waals surface area contributed by atoms with Gasteiger partial charge in [-0.3, -0.25) is 10.1 Å². The number of nitrogens with zero attached hydrogens (tertiary/aromatic N) is 1. The molecule has 3 aromatic carbocycles. The number of anilines is 2. The molecule has 16 heteroatoms. The summed E-state index contributed by atoms with van der Waals surface area (Å²) < 4.78 is 73.6. The quantitative estimate of drug-likeness (QED) is 0.0699. The minimum absolute atomic E-state index is 0.0471. The molecule has 1 heterocycles. The number of carbonyl (C=O) groups excluding carboxylic acids is 3. The number of hydrogen-bond acceptors (Lipinski definition) is 9. The van der Waals surface area contributed by atoms with E-state index in [9.17, 15) is 36.7 Å². The fraction of sp³-hybridized carbons (Fsp3) is 0.368. The molecule has 2 unspecified atom stereocenters. The van der Waals surface area contributed by atoms with Gasteiger partial charge < -0.3 is 34.1 Å². The Balaban J connectivity index is 1.45. The number of aromatic amines is 1. The number of benzene rings is 3. The van der Waals surface area contributed by atoms with Crippen molar-refractivity contribution >= 4 is 40.3 Å². The van der Waals surface area contributed by atoms with Crippen molar-refractivity contribution < 1.29 is 50.9 Å². The van der Waals surface area contributed by atoms with E-state index in [1.807, 2.05) is 13.8 Å². The molecule has 2 amide bonds. The van der Waals surface area contributed by atoms with Crippen molar-refractivity contribution in [1.82, 2.24) is 9.88 Å². The highest BCUT2D eigenvalue weighted by Gasteiger charge is 2.44. The third-order valence-corrected chi connectivity index (χ3v) is 8.07. The molecule has 0 radical (unpaired) electrons. The Labute approximate surface area is 308 Å². The molecule has 1 aromatic heterocycles. The number of halogens is 4. The van der Waals surface area contributed by atoms with Gasteiger partial charge in [0.1, 0.15) is 11.4 Å². The van der Waals surface area contributed by atoms with Gasteiger partial charge in [-0.2, -0.15) is 17.6 Å². The van der Waals surface area contributed by atoms with Crippen molar-refractivity contribution in [2.45, 2.75) is 71.3 Å². The molecule has 12 nitrogen and oxygen atoms in total. The molecule has 4 rings (SSSR count). The van der Waals surface area contributed by atoms with E-state index in [0.717, 1.165) is 33.5 Å². The molecule has 0 saturated carbocycles. The highest BCUT2D eigenvalue weighted by atomic mass is 19.3. The number of H-pyrrole nitrogens is 1. The Morgan fingerprint density at radius 1 is 0.963 bits per heavy atom. The lowest BCUT2D eigenvalue weighted by atomic mass is 9.93. The number of amides is 2. The number of hydrogen-bond donors (Lipinski definition) is 3. The third kappa shape index (κ3) is 10.6. The number of fused-ring (bicyclic) bond motifs is 1. The lowest BCUT2D eigenvalue weighted by Crippen LogP contribution is -2.35. The van der Waals surface area contributed by atoms with E-state index in [-0.39, 0.29) is 29.3 Å². The van der Waals surface area contributed by atoms with Gasteiger partial charge >= 0.3 is 30.7 Å². The van der Waals surface area contributed by atoms with Gasteiger partial charge in [-0.25, -0.2) is 14.4 Å². The summed E-state index contributed by atoms with van der Waals surface area (Å²) in [6, 6.07) is 14.6. The maximum Gasteiger partial charge on any atom is 0.461 e. The van der Waals surface area contributed by atoms with Crippen LogP contribution in [0.15, 0.2) is 71.7 Å². The van der Waals surface area contributed by atoms with Crippen LogP contribution in [0.25, 0.3) is 10.8 Å². The largest absolute Gasteiger partial charge is 0.467 e. The third-order valence-electron chi connectivity index (χ3n) is 8.07. The minimum atomic E-state index is -4.82. The van der Waals surface area contributed by atoms with Gasteiger partial charge in [0.25, 0.3) is 5.56 Å². The van der Waals surface area contributed by atoms with Crippen molar-refractivity contribution in [3.8, 4) is 5.75 Å². The zero-order valence-electron chi connectivity index (χ0n) is 30.7. The summed E-state index contributed by atoms with van der Waals surface area (Å²) in [5, 5.41) is 6.80. The normalized spacial score (nSPS) is 12.8. The molecule has 0 aliphatic heterocycles. The van der Waals surface area contributed by atoms with Crippen molar-refractivity contribution in [3.63, 3.8) is 0 Å². The van der Waals surface area contributed by atoms with Crippen LogP contribution in [-0.2, 0) is 25.5 Å². The number of nitrogens with one attached hydrogen (secondary N) is 3. The van der Waals surface area contributed by atoms with Crippen LogP contribution in [-0.4, -0.2) is 66.9 Å². The van der Waals surface area contributed by atoms with Gasteiger partial charge in [-0.15, -0.1) is 0 Å². The van der Waals surface area contributed by atoms with Gasteiger partial charge in [0, 0.05) is 41.5 Å². The predicted molar refractivity (Wildman–Crippen MR) is 193 cm³/mol. The number of alkyl halides is 4. The molecular formula is C38H42F4N4O8. The second-order valence-corrected chi connectivity index (χ2v) is 13.6. The van der Waals surface area contributed by atoms with Crippen molar-refractivity contribution in [2.24, 2.45) is 0 Å². The van der Waals surface area contributed by atoms with Crippen molar-refractivity contribution in [2.75, 3.05) is 31.4 Å². The molecule has 290 valence electrons. The molecule has 0 bridgehead atoms. The van der Waals surface area contributed by atoms with Crippen molar-refractivity contribution in [3.05, 3.63) is 99.5 Å². The first kappa shape index (κ1) is 41.0. The average molecular weight is 759 g/mol. The number of aromatic nitrogens is 1. The number of ether oxygens (including phenoxy) is 4. The summed E-state index contributed by atoms with van der Waals surface area (Å²) in [5.41, 5.74) is 1.48. The SMILES string of the molecule is COC(=O)C(Nc1ccc2cc[nH]c(=O)c2c1)c1ccc(C(C)COC(=O)Nc2ccc(OC(F)(F)C(F)F)c(CN(C)C(=O)OC(C)(C)C)c2)c(C)c1. The Morgan fingerprint density at radius 2 is 1.67 bits per heavy atom. The van der Waals surface area contributed by atoms with Gasteiger partial charge in [-0.1, -0.05) is 31.2 Å². The highest BCUT2D eigenvalue weighted by molar-refractivity contribution is 5.87. The number of pyridine rings is 1. The highest BCUT2D eigenvalue weighted by Crippen LogP contribution is 2.33. The zero-order valence-corrected chi connectivity index (χ0v) is 30.7. The Morgan fingerprint density at radius 3 is 2.31 bits per heavy atom. The summed E-state index contributed by atoms with van der Waals surface area (Å²) in [6.07, 6.45) is -9.12. The number of carbonyl (C=O) groups is 3. The second kappa shape index (κ2) is 16.9. The number of methoxy groups -OCH3 is 1. The molecule has 54 heavy (non-hydrogen) atoms. The van der Waals surface area contributed by atoms with Crippen LogP contribution in [0.4, 0.5) is 38.5 Å². The minimum Gasteiger partial charge on any atom is -0.467 e. The fourth-order valence-electron chi connectivity index (χ4n) is 5.44. The molecule has 0 aliphatic carbocycles. The maximum absolute atomic E-state index is 13.8. The van der Waals surface area contributed by atoms with Crippen LogP contribution in [0.3, 0.4) is 0 Å². The lowest BCUT2D eigenvalue weighted by molar-refractivity contribution is -0.253. The van der Waals surface area contributed by atoms with Crippen LogP contribution < -0.4 is 20.9 Å². The van der Waals surface area contributed by atoms with E-state index in [0.29, 0.717) is 16.6 Å². The fourth-order valence-corrected chi connectivity index (χ4v) is 5.44. The van der Waals surface area contributed by atoms with Crippen LogP contribution in [0.1, 0.15) is 61.9 Å². The van der Waals surface area contributed by atoms with Crippen LogP contribution in [0.5, 0.6) is 5.75 Å². The number of esters is 1. The van der Waals surface area contributed by atoms with E-state index in [1.165, 1.54) is 20.2 Å². The first-order valence-corrected chi connectivity index (χ1v) is 16.7. The smallest absolute Gasteiger partial charge is 0.461 e. The molecule has 3 N–H and O–H groups in total. The second-order valence-electron chi connectivity index (χ2n) is 13.6. The molecule has 4 aromatic rings. The van der Waals surface area contributed by atoms with E-state index in [1.54, 1.807) is 69.4 Å². The van der Waals surface area contributed by atoms with Gasteiger partial charge in [-0.05, 0) is 86.2 Å². The van der Waals surface area contributed by atoms with E-state index >= 15 is 0 Å². The molecule has 0 fully saturated rings. The molecule has 0 spiro atoms. The maximum atomic E-state index is 13.8.